The average Bonchev–Trinajstić information content (AvgIpc) is 3.42. The topological polar surface area (TPSA) is 141 Å². The fraction of sp³-hybridized carbons (Fsp3) is 0.500. The number of nitrogens with one attached hydrogen (secondary N) is 3. The fourth-order valence-electron chi connectivity index (χ4n) is 5.23. The highest BCUT2D eigenvalue weighted by atomic mass is 16.6. The standard InChI is InChI=1S/C34H47N9O4/c1-5-20-46-24-43-31-26(23-37-32(40-31)35-16-17-42-18-21-45-22-19-42)30(41-43)28-12-9-13-29(39-28)38-27(25-10-7-6-8-11-25)14-15-36-33(44)47-34(2,3)4/h6-13,23,27H,5,14-22,24H2,1-4H3,(H,36,44)(H,38,39)(H,35,37,40). The second-order valence-electron chi connectivity index (χ2n) is 12.4. The second-order valence-corrected chi connectivity index (χ2v) is 12.4. The Hall–Kier alpha value is -4.33. The van der Waals surface area contributed by atoms with Crippen LogP contribution in [0.15, 0.2) is 54.7 Å². The van der Waals surface area contributed by atoms with E-state index in [9.17, 15) is 4.79 Å². The lowest BCUT2D eigenvalue weighted by atomic mass is 10.0. The highest BCUT2D eigenvalue weighted by Gasteiger charge is 2.20. The van der Waals surface area contributed by atoms with E-state index in [1.165, 1.54) is 0 Å². The van der Waals surface area contributed by atoms with Crippen molar-refractivity contribution in [3.63, 3.8) is 0 Å². The predicted octanol–water partition coefficient (Wildman–Crippen LogP) is 5.08. The Morgan fingerprint density at radius 2 is 1.85 bits per heavy atom. The third-order valence-corrected chi connectivity index (χ3v) is 7.48. The van der Waals surface area contributed by atoms with Gasteiger partial charge in [0.25, 0.3) is 0 Å². The molecule has 1 aliphatic rings. The SMILES string of the molecule is CCCOCn1nc(-c2cccc(NC(CCNC(=O)OC(C)(C)C)c3ccccc3)n2)c2cnc(NCCN3CCOCC3)nc21. The third kappa shape index (κ3) is 10.1. The van der Waals surface area contributed by atoms with Crippen LogP contribution in [0.25, 0.3) is 22.4 Å². The molecule has 252 valence electrons. The molecule has 13 nitrogen and oxygen atoms in total. The molecule has 0 bridgehead atoms. The molecule has 0 radical (unpaired) electrons. The van der Waals surface area contributed by atoms with Gasteiger partial charge in [-0.3, -0.25) is 4.90 Å². The summed E-state index contributed by atoms with van der Waals surface area (Å²) in [6.07, 6.45) is 2.89. The van der Waals surface area contributed by atoms with E-state index >= 15 is 0 Å². The van der Waals surface area contributed by atoms with Gasteiger partial charge in [0.15, 0.2) is 5.65 Å². The molecule has 1 atom stereocenters. The Balaban J connectivity index is 1.34. The van der Waals surface area contributed by atoms with E-state index in [1.54, 1.807) is 10.9 Å². The van der Waals surface area contributed by atoms with Crippen LogP contribution in [0.2, 0.25) is 0 Å². The highest BCUT2D eigenvalue weighted by Crippen LogP contribution is 2.28. The Morgan fingerprint density at radius 1 is 1.04 bits per heavy atom. The first kappa shape index (κ1) is 34.0. The van der Waals surface area contributed by atoms with Gasteiger partial charge in [-0.15, -0.1) is 0 Å². The number of hydrogen-bond acceptors (Lipinski definition) is 11. The minimum Gasteiger partial charge on any atom is -0.444 e. The summed E-state index contributed by atoms with van der Waals surface area (Å²) in [5.41, 5.74) is 2.55. The van der Waals surface area contributed by atoms with Gasteiger partial charge in [0.2, 0.25) is 5.95 Å². The first-order valence-corrected chi connectivity index (χ1v) is 16.4. The van der Waals surface area contributed by atoms with Crippen LogP contribution in [-0.4, -0.2) is 93.9 Å². The summed E-state index contributed by atoms with van der Waals surface area (Å²) in [6.45, 7) is 13.9. The van der Waals surface area contributed by atoms with Crippen LogP contribution in [0.4, 0.5) is 16.6 Å². The molecule has 1 fully saturated rings. The maximum atomic E-state index is 12.3. The van der Waals surface area contributed by atoms with E-state index in [4.69, 9.17) is 29.3 Å². The lowest BCUT2D eigenvalue weighted by molar-refractivity contribution is 0.0398. The largest absolute Gasteiger partial charge is 0.444 e. The molecule has 3 N–H and O–H groups in total. The quantitative estimate of drug-likeness (QED) is 0.149. The Labute approximate surface area is 276 Å². The Bertz CT molecular complexity index is 1570. The van der Waals surface area contributed by atoms with E-state index in [-0.39, 0.29) is 12.8 Å². The van der Waals surface area contributed by atoms with Gasteiger partial charge in [0.1, 0.15) is 23.8 Å². The van der Waals surface area contributed by atoms with Gasteiger partial charge in [-0.1, -0.05) is 43.3 Å². The summed E-state index contributed by atoms with van der Waals surface area (Å²) in [5.74, 6) is 1.23. The molecule has 0 aliphatic carbocycles. The third-order valence-electron chi connectivity index (χ3n) is 7.48. The van der Waals surface area contributed by atoms with Gasteiger partial charge in [-0.25, -0.2) is 19.4 Å². The van der Waals surface area contributed by atoms with E-state index in [0.29, 0.717) is 48.4 Å². The number of carbonyl (C=O) groups is 1. The molecule has 4 heterocycles. The summed E-state index contributed by atoms with van der Waals surface area (Å²) in [7, 11) is 0. The first-order chi connectivity index (χ1) is 22.8. The number of ether oxygens (including phenoxy) is 3. The number of carbonyl (C=O) groups excluding carboxylic acids is 1. The summed E-state index contributed by atoms with van der Waals surface area (Å²) in [5, 5.41) is 15.5. The normalized spacial score (nSPS) is 14.6. The molecule has 13 heteroatoms. The summed E-state index contributed by atoms with van der Waals surface area (Å²) in [6, 6.07) is 15.8. The van der Waals surface area contributed by atoms with Gasteiger partial charge in [-0.2, -0.15) is 10.1 Å². The molecule has 0 saturated carbocycles. The number of nitrogens with zero attached hydrogens (tertiary/aromatic N) is 6. The van der Waals surface area contributed by atoms with Crippen LogP contribution in [0.3, 0.4) is 0 Å². The summed E-state index contributed by atoms with van der Waals surface area (Å²) < 4.78 is 18.5. The van der Waals surface area contributed by atoms with Crippen molar-refractivity contribution >= 4 is 28.9 Å². The number of morpholine rings is 1. The van der Waals surface area contributed by atoms with Gasteiger partial charge in [0.05, 0.1) is 30.3 Å². The smallest absolute Gasteiger partial charge is 0.407 e. The zero-order valence-corrected chi connectivity index (χ0v) is 27.9. The monoisotopic (exact) mass is 645 g/mol. The molecular formula is C34H47N9O4. The van der Waals surface area contributed by atoms with Crippen LogP contribution in [-0.2, 0) is 20.9 Å². The van der Waals surface area contributed by atoms with E-state index in [2.05, 4.69) is 44.9 Å². The van der Waals surface area contributed by atoms with Crippen molar-refractivity contribution in [3.05, 3.63) is 60.3 Å². The molecule has 1 aliphatic heterocycles. The average molecular weight is 646 g/mol. The zero-order valence-electron chi connectivity index (χ0n) is 27.9. The minimum atomic E-state index is -0.559. The number of pyridine rings is 1. The van der Waals surface area contributed by atoms with Gasteiger partial charge < -0.3 is 30.2 Å². The van der Waals surface area contributed by atoms with Crippen molar-refractivity contribution in [2.45, 2.75) is 58.9 Å². The number of fused-ring (bicyclic) bond motifs is 1. The lowest BCUT2D eigenvalue weighted by Crippen LogP contribution is -2.39. The second kappa shape index (κ2) is 16.5. The molecule has 47 heavy (non-hydrogen) atoms. The van der Waals surface area contributed by atoms with Crippen molar-refractivity contribution in [1.82, 2.24) is 34.9 Å². The van der Waals surface area contributed by atoms with Crippen LogP contribution in [0.1, 0.15) is 52.1 Å². The van der Waals surface area contributed by atoms with Crippen molar-refractivity contribution in [2.75, 3.05) is 63.2 Å². The maximum absolute atomic E-state index is 12.3. The predicted molar refractivity (Wildman–Crippen MR) is 182 cm³/mol. The number of hydrogen-bond donors (Lipinski definition) is 3. The molecule has 5 rings (SSSR count). The molecule has 0 spiro atoms. The summed E-state index contributed by atoms with van der Waals surface area (Å²) in [4.78, 5) is 29.0. The molecule has 1 aromatic carbocycles. The minimum absolute atomic E-state index is 0.111. The lowest BCUT2D eigenvalue weighted by Gasteiger charge is -2.26. The van der Waals surface area contributed by atoms with E-state index in [0.717, 1.165) is 56.8 Å². The van der Waals surface area contributed by atoms with Crippen molar-refractivity contribution in [1.29, 1.82) is 0 Å². The van der Waals surface area contributed by atoms with Crippen molar-refractivity contribution < 1.29 is 19.0 Å². The van der Waals surface area contributed by atoms with Crippen LogP contribution in [0.5, 0.6) is 0 Å². The zero-order chi connectivity index (χ0) is 33.1. The molecule has 1 unspecified atom stereocenters. The maximum Gasteiger partial charge on any atom is 0.407 e. The van der Waals surface area contributed by atoms with Crippen LogP contribution >= 0.6 is 0 Å². The van der Waals surface area contributed by atoms with Crippen LogP contribution in [0, 0.1) is 0 Å². The number of anilines is 2. The van der Waals surface area contributed by atoms with E-state index in [1.807, 2.05) is 57.2 Å². The fourth-order valence-corrected chi connectivity index (χ4v) is 5.23. The summed E-state index contributed by atoms with van der Waals surface area (Å²) >= 11 is 0. The van der Waals surface area contributed by atoms with E-state index < -0.39 is 11.7 Å². The van der Waals surface area contributed by atoms with Crippen LogP contribution < -0.4 is 16.0 Å². The molecule has 1 saturated heterocycles. The molecule has 1 amide bonds. The molecule has 4 aromatic rings. The van der Waals surface area contributed by atoms with Gasteiger partial charge >= 0.3 is 6.09 Å². The number of aromatic nitrogens is 5. The number of amides is 1. The Morgan fingerprint density at radius 3 is 2.62 bits per heavy atom. The number of alkyl carbamates (subject to hydrolysis) is 1. The first-order valence-electron chi connectivity index (χ1n) is 16.4. The number of rotatable bonds is 15. The highest BCUT2D eigenvalue weighted by molar-refractivity contribution is 5.90. The Kier molecular flexibility index (Phi) is 11.9. The van der Waals surface area contributed by atoms with Crippen molar-refractivity contribution in [3.8, 4) is 11.4 Å². The van der Waals surface area contributed by atoms with Crippen molar-refractivity contribution in [2.24, 2.45) is 0 Å². The number of benzene rings is 1. The molecule has 3 aromatic heterocycles. The molecular weight excluding hydrogens is 598 g/mol. The van der Waals surface area contributed by atoms with Gasteiger partial charge in [0, 0.05) is 45.5 Å². The van der Waals surface area contributed by atoms with Gasteiger partial charge in [-0.05, 0) is 51.3 Å².